The van der Waals surface area contributed by atoms with E-state index in [0.717, 1.165) is 31.4 Å². The molecule has 0 aliphatic carbocycles. The third kappa shape index (κ3) is 1.62. The van der Waals surface area contributed by atoms with Crippen molar-refractivity contribution >= 4 is 5.69 Å². The molecule has 0 bridgehead atoms. The molecule has 0 amide bonds. The van der Waals surface area contributed by atoms with E-state index in [1.54, 1.807) is 0 Å². The van der Waals surface area contributed by atoms with E-state index in [9.17, 15) is 5.11 Å². The van der Waals surface area contributed by atoms with Gasteiger partial charge >= 0.3 is 0 Å². The lowest BCUT2D eigenvalue weighted by atomic mass is 10.0. The number of aliphatic hydroxyl groups is 1. The fraction of sp³-hybridized carbons (Fsp3) is 0.500. The highest BCUT2D eigenvalue weighted by atomic mass is 16.3. The van der Waals surface area contributed by atoms with E-state index in [0.29, 0.717) is 0 Å². The average molecular weight is 191 g/mol. The van der Waals surface area contributed by atoms with Crippen molar-refractivity contribution in [2.75, 3.05) is 11.9 Å². The molecular weight excluding hydrogens is 174 g/mol. The summed E-state index contributed by atoms with van der Waals surface area (Å²) < 4.78 is 0. The Morgan fingerprint density at radius 1 is 1.50 bits per heavy atom. The second-order valence-electron chi connectivity index (χ2n) is 3.86. The first-order chi connectivity index (χ1) is 6.83. The van der Waals surface area contributed by atoms with E-state index in [4.69, 9.17) is 0 Å². The number of benzene rings is 1. The van der Waals surface area contributed by atoms with E-state index in [-0.39, 0.29) is 6.10 Å². The number of rotatable bonds is 3. The van der Waals surface area contributed by atoms with Gasteiger partial charge in [0.25, 0.3) is 0 Å². The maximum Gasteiger partial charge on any atom is 0.0810 e. The zero-order valence-electron chi connectivity index (χ0n) is 8.59. The summed E-state index contributed by atoms with van der Waals surface area (Å²) in [4.78, 5) is 0. The molecule has 0 spiro atoms. The van der Waals surface area contributed by atoms with Crippen LogP contribution in [0.2, 0.25) is 0 Å². The Kier molecular flexibility index (Phi) is 2.73. The minimum atomic E-state index is -0.305. The van der Waals surface area contributed by atoms with Crippen molar-refractivity contribution in [3.63, 3.8) is 0 Å². The topological polar surface area (TPSA) is 32.3 Å². The molecule has 0 aromatic heterocycles. The Balaban J connectivity index is 2.29. The van der Waals surface area contributed by atoms with Crippen LogP contribution < -0.4 is 5.32 Å². The van der Waals surface area contributed by atoms with Gasteiger partial charge in [-0.3, -0.25) is 0 Å². The van der Waals surface area contributed by atoms with Crippen molar-refractivity contribution in [2.45, 2.75) is 32.3 Å². The first kappa shape index (κ1) is 9.53. The van der Waals surface area contributed by atoms with Gasteiger partial charge in [-0.1, -0.05) is 31.5 Å². The van der Waals surface area contributed by atoms with Gasteiger partial charge in [-0.25, -0.2) is 0 Å². The molecule has 1 aliphatic rings. The Hall–Kier alpha value is -1.02. The van der Waals surface area contributed by atoms with Crippen LogP contribution in [0.25, 0.3) is 0 Å². The van der Waals surface area contributed by atoms with Crippen LogP contribution in [0.1, 0.15) is 37.0 Å². The zero-order chi connectivity index (χ0) is 9.97. The lowest BCUT2D eigenvalue weighted by Crippen LogP contribution is -2.01. The van der Waals surface area contributed by atoms with Gasteiger partial charge in [0.2, 0.25) is 0 Å². The minimum Gasteiger partial charge on any atom is -0.388 e. The van der Waals surface area contributed by atoms with Crippen LogP contribution >= 0.6 is 0 Å². The first-order valence-electron chi connectivity index (χ1n) is 5.36. The van der Waals surface area contributed by atoms with Crippen molar-refractivity contribution in [1.82, 2.24) is 0 Å². The number of hydrogen-bond acceptors (Lipinski definition) is 2. The van der Waals surface area contributed by atoms with Gasteiger partial charge in [0, 0.05) is 17.8 Å². The van der Waals surface area contributed by atoms with Crippen LogP contribution in [-0.2, 0) is 6.42 Å². The number of fused-ring (bicyclic) bond motifs is 1. The minimum absolute atomic E-state index is 0.305. The quantitative estimate of drug-likeness (QED) is 0.769. The summed E-state index contributed by atoms with van der Waals surface area (Å²) >= 11 is 0. The largest absolute Gasteiger partial charge is 0.388 e. The molecule has 1 atom stereocenters. The van der Waals surface area contributed by atoms with Gasteiger partial charge in [-0.15, -0.1) is 0 Å². The van der Waals surface area contributed by atoms with E-state index in [1.807, 2.05) is 12.1 Å². The van der Waals surface area contributed by atoms with Crippen molar-refractivity contribution in [3.05, 3.63) is 29.3 Å². The van der Waals surface area contributed by atoms with Gasteiger partial charge in [-0.05, 0) is 18.4 Å². The zero-order valence-corrected chi connectivity index (χ0v) is 8.59. The lowest BCUT2D eigenvalue weighted by molar-refractivity contribution is 0.167. The van der Waals surface area contributed by atoms with Crippen LogP contribution in [0, 0.1) is 0 Å². The van der Waals surface area contributed by atoms with E-state index in [2.05, 4.69) is 18.3 Å². The second kappa shape index (κ2) is 4.01. The van der Waals surface area contributed by atoms with Crippen LogP contribution in [0.3, 0.4) is 0 Å². The van der Waals surface area contributed by atoms with Gasteiger partial charge < -0.3 is 10.4 Å². The molecule has 1 aromatic carbocycles. The predicted molar refractivity (Wildman–Crippen MR) is 58.5 cm³/mol. The molecule has 2 N–H and O–H groups in total. The van der Waals surface area contributed by atoms with Crippen LogP contribution in [-0.4, -0.2) is 11.7 Å². The van der Waals surface area contributed by atoms with Crippen LogP contribution in [0.15, 0.2) is 18.2 Å². The van der Waals surface area contributed by atoms with Crippen molar-refractivity contribution in [1.29, 1.82) is 0 Å². The van der Waals surface area contributed by atoms with E-state index in [1.165, 1.54) is 11.3 Å². The molecule has 1 aliphatic heterocycles. The summed E-state index contributed by atoms with van der Waals surface area (Å²) in [5, 5.41) is 13.3. The monoisotopic (exact) mass is 191 g/mol. The lowest BCUT2D eigenvalue weighted by Gasteiger charge is -2.14. The van der Waals surface area contributed by atoms with Crippen molar-refractivity contribution < 1.29 is 5.11 Å². The fourth-order valence-electron chi connectivity index (χ4n) is 2.07. The van der Waals surface area contributed by atoms with Crippen molar-refractivity contribution in [3.8, 4) is 0 Å². The molecule has 1 heterocycles. The molecule has 0 saturated heterocycles. The highest BCUT2D eigenvalue weighted by molar-refractivity contribution is 5.61. The van der Waals surface area contributed by atoms with Gasteiger partial charge in [0.05, 0.1) is 6.10 Å². The average Bonchev–Trinajstić information content (AvgIpc) is 2.65. The maximum absolute atomic E-state index is 9.94. The third-order valence-electron chi connectivity index (χ3n) is 2.80. The standard InChI is InChI=1S/C12H17NO/c1-2-4-11(14)10-6-3-5-9-7-8-13-12(9)10/h3,5-6,11,13-14H,2,4,7-8H2,1H3. The Morgan fingerprint density at radius 3 is 3.14 bits per heavy atom. The molecule has 14 heavy (non-hydrogen) atoms. The Bertz CT molecular complexity index is 322. The highest BCUT2D eigenvalue weighted by Gasteiger charge is 2.17. The van der Waals surface area contributed by atoms with Crippen LogP contribution in [0.5, 0.6) is 0 Å². The summed E-state index contributed by atoms with van der Waals surface area (Å²) in [6.07, 6.45) is 2.64. The summed E-state index contributed by atoms with van der Waals surface area (Å²) in [6, 6.07) is 6.20. The molecule has 76 valence electrons. The number of anilines is 1. The maximum atomic E-state index is 9.94. The molecule has 2 nitrogen and oxygen atoms in total. The Labute approximate surface area is 85.0 Å². The van der Waals surface area contributed by atoms with E-state index < -0.39 is 0 Å². The number of nitrogens with one attached hydrogen (secondary N) is 1. The second-order valence-corrected chi connectivity index (χ2v) is 3.86. The normalized spacial score (nSPS) is 16.1. The first-order valence-corrected chi connectivity index (χ1v) is 5.36. The molecule has 2 rings (SSSR count). The number of hydrogen-bond donors (Lipinski definition) is 2. The summed E-state index contributed by atoms with van der Waals surface area (Å²) in [6.45, 7) is 3.10. The molecule has 2 heteroatoms. The molecule has 1 unspecified atom stereocenters. The van der Waals surface area contributed by atoms with Crippen molar-refractivity contribution in [2.24, 2.45) is 0 Å². The molecular formula is C12H17NO. The number of aliphatic hydroxyl groups excluding tert-OH is 1. The summed E-state index contributed by atoms with van der Waals surface area (Å²) in [7, 11) is 0. The summed E-state index contributed by atoms with van der Waals surface area (Å²) in [5.41, 5.74) is 3.59. The SMILES string of the molecule is CCCC(O)c1cccc2c1NCC2. The Morgan fingerprint density at radius 2 is 2.36 bits per heavy atom. The van der Waals surface area contributed by atoms with Gasteiger partial charge in [-0.2, -0.15) is 0 Å². The third-order valence-corrected chi connectivity index (χ3v) is 2.80. The molecule has 0 saturated carbocycles. The molecule has 0 fully saturated rings. The van der Waals surface area contributed by atoms with Gasteiger partial charge in [0.1, 0.15) is 0 Å². The smallest absolute Gasteiger partial charge is 0.0810 e. The fourth-order valence-corrected chi connectivity index (χ4v) is 2.07. The number of para-hydroxylation sites is 1. The van der Waals surface area contributed by atoms with Crippen LogP contribution in [0.4, 0.5) is 5.69 Å². The van der Waals surface area contributed by atoms with E-state index >= 15 is 0 Å². The predicted octanol–water partition coefficient (Wildman–Crippen LogP) is 2.49. The highest BCUT2D eigenvalue weighted by Crippen LogP contribution is 2.32. The molecule has 1 aromatic rings. The molecule has 0 radical (unpaired) electrons. The summed E-state index contributed by atoms with van der Waals surface area (Å²) in [5.74, 6) is 0. The van der Waals surface area contributed by atoms with Gasteiger partial charge in [0.15, 0.2) is 0 Å².